The minimum absolute atomic E-state index is 0.0503. The van der Waals surface area contributed by atoms with E-state index in [9.17, 15) is 0 Å². The first-order valence-corrected chi connectivity index (χ1v) is 6.91. The maximum atomic E-state index is 8.74. The normalized spacial score (nSPS) is 14.9. The highest BCUT2D eigenvalue weighted by Gasteiger charge is 2.11. The van der Waals surface area contributed by atoms with Crippen molar-refractivity contribution < 1.29 is 9.94 Å². The second-order valence-electron chi connectivity index (χ2n) is 5.07. The van der Waals surface area contributed by atoms with Gasteiger partial charge in [0.1, 0.15) is 5.75 Å². The molecule has 0 spiro atoms. The molecule has 5 heteroatoms. The van der Waals surface area contributed by atoms with Crippen LogP contribution in [0.1, 0.15) is 38.3 Å². The molecule has 5 nitrogen and oxygen atoms in total. The average Bonchev–Trinajstić information content (AvgIpc) is 2.50. The van der Waals surface area contributed by atoms with Gasteiger partial charge >= 0.3 is 0 Å². The summed E-state index contributed by atoms with van der Waals surface area (Å²) in [5.41, 5.74) is 7.30. The lowest BCUT2D eigenvalue weighted by Crippen LogP contribution is -2.31. The molecule has 112 valence electrons. The molecule has 4 N–H and O–H groups in total. The molecule has 0 aliphatic heterocycles. The molecule has 2 unspecified atom stereocenters. The van der Waals surface area contributed by atoms with E-state index >= 15 is 0 Å². The van der Waals surface area contributed by atoms with Crippen molar-refractivity contribution in [3.8, 4) is 5.75 Å². The number of methoxy groups -OCH3 is 1. The molecule has 2 atom stereocenters. The number of nitrogens with one attached hydrogen (secondary N) is 1. The Hall–Kier alpha value is -1.75. The first kappa shape index (κ1) is 16.3. The maximum Gasteiger partial charge on any atom is 0.173 e. The summed E-state index contributed by atoms with van der Waals surface area (Å²) in [5, 5.41) is 15.2. The lowest BCUT2D eigenvalue weighted by Gasteiger charge is -2.20. The molecule has 0 aliphatic carbocycles. The summed E-state index contributed by atoms with van der Waals surface area (Å²) in [7, 11) is 1.57. The smallest absolute Gasteiger partial charge is 0.173 e. The molecule has 0 heterocycles. The number of benzene rings is 1. The molecule has 1 aromatic rings. The molecule has 0 aliphatic rings. The van der Waals surface area contributed by atoms with Crippen LogP contribution in [0.4, 0.5) is 0 Å². The van der Waals surface area contributed by atoms with Gasteiger partial charge in [-0.2, -0.15) is 0 Å². The maximum absolute atomic E-state index is 8.74. The summed E-state index contributed by atoms with van der Waals surface area (Å²) in [6.45, 7) is 7.38. The SMILES string of the molecule is CCC(C)C(C)NCc1ccc(/C(N)=N/O)c(OC)c1. The Morgan fingerprint density at radius 2 is 2.15 bits per heavy atom. The number of ether oxygens (including phenoxy) is 1. The zero-order chi connectivity index (χ0) is 15.1. The predicted molar refractivity (Wildman–Crippen MR) is 81.3 cm³/mol. The van der Waals surface area contributed by atoms with Crippen LogP contribution in [0.5, 0.6) is 5.75 Å². The van der Waals surface area contributed by atoms with E-state index in [2.05, 4.69) is 31.2 Å². The lowest BCUT2D eigenvalue weighted by molar-refractivity contribution is 0.318. The topological polar surface area (TPSA) is 79.9 Å². The van der Waals surface area contributed by atoms with Gasteiger partial charge in [0.15, 0.2) is 5.84 Å². The van der Waals surface area contributed by atoms with Gasteiger partial charge in [0.25, 0.3) is 0 Å². The van der Waals surface area contributed by atoms with Crippen LogP contribution in [0.2, 0.25) is 0 Å². The second kappa shape index (κ2) is 7.75. The van der Waals surface area contributed by atoms with E-state index in [-0.39, 0.29) is 5.84 Å². The zero-order valence-corrected chi connectivity index (χ0v) is 12.7. The monoisotopic (exact) mass is 279 g/mol. The number of amidine groups is 1. The molecule has 1 rings (SSSR count). The summed E-state index contributed by atoms with van der Waals surface area (Å²) >= 11 is 0. The van der Waals surface area contributed by atoms with E-state index < -0.39 is 0 Å². The van der Waals surface area contributed by atoms with Crippen molar-refractivity contribution in [2.75, 3.05) is 7.11 Å². The minimum atomic E-state index is 0.0503. The fraction of sp³-hybridized carbons (Fsp3) is 0.533. The van der Waals surface area contributed by atoms with Gasteiger partial charge in [0.2, 0.25) is 0 Å². The Balaban J connectivity index is 2.78. The van der Waals surface area contributed by atoms with Crippen LogP contribution in [-0.2, 0) is 6.54 Å². The van der Waals surface area contributed by atoms with Gasteiger partial charge < -0.3 is 21.0 Å². The van der Waals surface area contributed by atoms with E-state index in [1.165, 1.54) is 0 Å². The van der Waals surface area contributed by atoms with Gasteiger partial charge in [-0.25, -0.2) is 0 Å². The Morgan fingerprint density at radius 1 is 1.45 bits per heavy atom. The number of nitrogens with two attached hydrogens (primary N) is 1. The molecular weight excluding hydrogens is 254 g/mol. The van der Waals surface area contributed by atoms with Crippen LogP contribution in [0, 0.1) is 5.92 Å². The molecule has 0 radical (unpaired) electrons. The average molecular weight is 279 g/mol. The van der Waals surface area contributed by atoms with Gasteiger partial charge in [-0.05, 0) is 30.5 Å². The van der Waals surface area contributed by atoms with Gasteiger partial charge in [0, 0.05) is 12.6 Å². The minimum Gasteiger partial charge on any atom is -0.496 e. The third-order valence-corrected chi connectivity index (χ3v) is 3.78. The van der Waals surface area contributed by atoms with Gasteiger partial charge in [-0.3, -0.25) is 0 Å². The predicted octanol–water partition coefficient (Wildman–Crippen LogP) is 2.31. The fourth-order valence-corrected chi connectivity index (χ4v) is 1.94. The van der Waals surface area contributed by atoms with Crippen molar-refractivity contribution in [3.63, 3.8) is 0 Å². The molecule has 0 saturated heterocycles. The van der Waals surface area contributed by atoms with Crippen LogP contribution in [0.25, 0.3) is 0 Å². The van der Waals surface area contributed by atoms with Gasteiger partial charge in [-0.1, -0.05) is 31.5 Å². The number of hydrogen-bond donors (Lipinski definition) is 3. The van der Waals surface area contributed by atoms with E-state index in [4.69, 9.17) is 15.7 Å². The summed E-state index contributed by atoms with van der Waals surface area (Å²) in [6.07, 6.45) is 1.15. The Labute approximate surface area is 120 Å². The molecule has 0 amide bonds. The quantitative estimate of drug-likeness (QED) is 0.310. The number of hydrogen-bond acceptors (Lipinski definition) is 4. The van der Waals surface area contributed by atoms with Crippen LogP contribution < -0.4 is 15.8 Å². The molecule has 0 bridgehead atoms. The standard InChI is InChI=1S/C15H25N3O2/c1-5-10(2)11(3)17-9-12-6-7-13(15(16)18-19)14(8-12)20-4/h6-8,10-11,17,19H,5,9H2,1-4H3,(H2,16,18). The highest BCUT2D eigenvalue weighted by Crippen LogP contribution is 2.20. The Morgan fingerprint density at radius 3 is 2.70 bits per heavy atom. The van der Waals surface area contributed by atoms with E-state index in [1.54, 1.807) is 13.2 Å². The van der Waals surface area contributed by atoms with Crippen molar-refractivity contribution in [1.29, 1.82) is 0 Å². The third kappa shape index (κ3) is 4.13. The Kier molecular flexibility index (Phi) is 6.31. The molecule has 1 aromatic carbocycles. The van der Waals surface area contributed by atoms with Crippen molar-refractivity contribution in [3.05, 3.63) is 29.3 Å². The Bertz CT molecular complexity index is 460. The van der Waals surface area contributed by atoms with E-state index in [1.807, 2.05) is 12.1 Å². The third-order valence-electron chi connectivity index (χ3n) is 3.78. The first-order chi connectivity index (χ1) is 9.53. The van der Waals surface area contributed by atoms with Crippen molar-refractivity contribution in [2.45, 2.75) is 39.8 Å². The summed E-state index contributed by atoms with van der Waals surface area (Å²) in [5.74, 6) is 1.29. The van der Waals surface area contributed by atoms with E-state index in [0.29, 0.717) is 23.3 Å². The van der Waals surface area contributed by atoms with Crippen LogP contribution in [-0.4, -0.2) is 24.2 Å². The van der Waals surface area contributed by atoms with Gasteiger partial charge in [0.05, 0.1) is 12.7 Å². The van der Waals surface area contributed by atoms with Crippen LogP contribution in [0.15, 0.2) is 23.4 Å². The van der Waals surface area contributed by atoms with Crippen LogP contribution >= 0.6 is 0 Å². The van der Waals surface area contributed by atoms with Crippen molar-refractivity contribution >= 4 is 5.84 Å². The fourth-order valence-electron chi connectivity index (χ4n) is 1.94. The highest BCUT2D eigenvalue weighted by molar-refractivity contribution is 5.99. The molecule has 20 heavy (non-hydrogen) atoms. The summed E-state index contributed by atoms with van der Waals surface area (Å²) in [4.78, 5) is 0. The number of oxime groups is 1. The lowest BCUT2D eigenvalue weighted by atomic mass is 10.0. The zero-order valence-electron chi connectivity index (χ0n) is 12.7. The van der Waals surface area contributed by atoms with Crippen molar-refractivity contribution in [2.24, 2.45) is 16.8 Å². The highest BCUT2D eigenvalue weighted by atomic mass is 16.5. The van der Waals surface area contributed by atoms with Crippen molar-refractivity contribution in [1.82, 2.24) is 5.32 Å². The molecule has 0 aromatic heterocycles. The molecular formula is C15H25N3O2. The largest absolute Gasteiger partial charge is 0.496 e. The molecule has 0 fully saturated rings. The number of rotatable bonds is 7. The van der Waals surface area contributed by atoms with Gasteiger partial charge in [-0.15, -0.1) is 0 Å². The molecule has 0 saturated carbocycles. The number of nitrogens with zero attached hydrogens (tertiary/aromatic N) is 1. The summed E-state index contributed by atoms with van der Waals surface area (Å²) in [6, 6.07) is 6.11. The second-order valence-corrected chi connectivity index (χ2v) is 5.07. The van der Waals surface area contributed by atoms with Crippen LogP contribution in [0.3, 0.4) is 0 Å². The summed E-state index contributed by atoms with van der Waals surface area (Å²) < 4.78 is 5.28. The first-order valence-electron chi connectivity index (χ1n) is 6.91. The van der Waals surface area contributed by atoms with E-state index in [0.717, 1.165) is 18.5 Å².